The topological polar surface area (TPSA) is 13.1 Å². The molecule has 10 aromatic rings. The van der Waals surface area contributed by atoms with E-state index >= 15 is 0 Å². The Morgan fingerprint density at radius 1 is 0.314 bits per heavy atom. The number of rotatable bonds is 6. The highest BCUT2D eigenvalue weighted by atomic mass is 15.1. The molecule has 0 N–H and O–H groups in total. The van der Waals surface area contributed by atoms with E-state index < -0.39 is 0 Å². The van der Waals surface area contributed by atoms with E-state index in [9.17, 15) is 0 Å². The van der Waals surface area contributed by atoms with Crippen molar-refractivity contribution in [2.45, 2.75) is 0 Å². The van der Waals surface area contributed by atoms with Gasteiger partial charge in [0.05, 0.1) is 22.1 Å². The van der Waals surface area contributed by atoms with Gasteiger partial charge in [-0.05, 0) is 90.0 Å². The Bertz CT molecular complexity index is 2830. The van der Waals surface area contributed by atoms with Crippen LogP contribution in [-0.2, 0) is 0 Å². The van der Waals surface area contributed by atoms with Gasteiger partial charge in [-0.25, -0.2) is 0 Å². The second-order valence-electron chi connectivity index (χ2n) is 13.0. The van der Waals surface area contributed by atoms with E-state index in [2.05, 4.69) is 214 Å². The van der Waals surface area contributed by atoms with E-state index in [-0.39, 0.29) is 0 Å². The van der Waals surface area contributed by atoms with E-state index in [1.807, 2.05) is 0 Å². The van der Waals surface area contributed by atoms with Gasteiger partial charge < -0.3 is 14.0 Å². The van der Waals surface area contributed by atoms with Gasteiger partial charge in [0.2, 0.25) is 0 Å². The van der Waals surface area contributed by atoms with Crippen LogP contribution in [0.2, 0.25) is 0 Å². The third kappa shape index (κ3) is 4.74. The van der Waals surface area contributed by atoms with Gasteiger partial charge in [-0.1, -0.05) is 121 Å². The summed E-state index contributed by atoms with van der Waals surface area (Å²) >= 11 is 0. The molecule has 3 nitrogen and oxygen atoms in total. The first-order valence-electron chi connectivity index (χ1n) is 17.5. The fourth-order valence-corrected chi connectivity index (χ4v) is 7.86. The number of hydrogen-bond donors (Lipinski definition) is 0. The van der Waals surface area contributed by atoms with Gasteiger partial charge in [0.25, 0.3) is 0 Å². The van der Waals surface area contributed by atoms with Gasteiger partial charge in [0.1, 0.15) is 0 Å². The van der Waals surface area contributed by atoms with Crippen molar-refractivity contribution in [3.05, 3.63) is 200 Å². The van der Waals surface area contributed by atoms with Crippen LogP contribution in [0.3, 0.4) is 0 Å². The highest BCUT2D eigenvalue weighted by molar-refractivity contribution is 6.26. The van der Waals surface area contributed by atoms with Crippen molar-refractivity contribution in [1.29, 1.82) is 0 Å². The zero-order valence-corrected chi connectivity index (χ0v) is 27.9. The summed E-state index contributed by atoms with van der Waals surface area (Å²) in [7, 11) is 0. The Balaban J connectivity index is 1.19. The quantitative estimate of drug-likeness (QED) is 0.174. The van der Waals surface area contributed by atoms with Gasteiger partial charge in [-0.3, -0.25) is 0 Å². The maximum atomic E-state index is 2.46. The summed E-state index contributed by atoms with van der Waals surface area (Å²) in [6.07, 6.45) is 0. The second-order valence-corrected chi connectivity index (χ2v) is 13.0. The van der Waals surface area contributed by atoms with Crippen LogP contribution in [0.1, 0.15) is 0 Å². The lowest BCUT2D eigenvalue weighted by atomic mass is 10.0. The Kier molecular flexibility index (Phi) is 6.81. The first-order valence-corrected chi connectivity index (χ1v) is 17.5. The number of fused-ring (bicyclic) bond motifs is 7. The van der Waals surface area contributed by atoms with Crippen molar-refractivity contribution in [3.8, 4) is 22.5 Å². The van der Waals surface area contributed by atoms with Crippen LogP contribution in [-0.4, -0.2) is 9.13 Å². The summed E-state index contributed by atoms with van der Waals surface area (Å²) in [4.78, 5) is 2.34. The van der Waals surface area contributed by atoms with E-state index in [4.69, 9.17) is 0 Å². The maximum absolute atomic E-state index is 2.46. The van der Waals surface area contributed by atoms with Crippen molar-refractivity contribution >= 4 is 60.7 Å². The molecule has 0 bridgehead atoms. The minimum atomic E-state index is 1.10. The zero-order valence-electron chi connectivity index (χ0n) is 27.9. The molecule has 0 spiro atoms. The number of benzene rings is 8. The van der Waals surface area contributed by atoms with Gasteiger partial charge in [0.15, 0.2) is 0 Å². The maximum Gasteiger partial charge on any atom is 0.0641 e. The summed E-state index contributed by atoms with van der Waals surface area (Å²) < 4.78 is 4.86. The largest absolute Gasteiger partial charge is 0.310 e. The van der Waals surface area contributed by atoms with Crippen LogP contribution >= 0.6 is 0 Å². The average molecular weight is 652 g/mol. The molecule has 0 radical (unpaired) electrons. The third-order valence-electron chi connectivity index (χ3n) is 10.1. The molecule has 10 rings (SSSR count). The average Bonchev–Trinajstić information content (AvgIpc) is 3.73. The molecule has 0 amide bonds. The summed E-state index contributed by atoms with van der Waals surface area (Å²) in [6, 6.07) is 72.0. The molecule has 0 atom stereocenters. The number of para-hydroxylation sites is 4. The minimum absolute atomic E-state index is 1.10. The van der Waals surface area contributed by atoms with Crippen LogP contribution in [0.4, 0.5) is 17.1 Å². The molecule has 0 saturated heterocycles. The predicted molar refractivity (Wildman–Crippen MR) is 215 cm³/mol. The normalized spacial score (nSPS) is 11.5. The number of anilines is 3. The number of nitrogens with zero attached hydrogens (tertiary/aromatic N) is 3. The Hall–Kier alpha value is -6.84. The molecule has 51 heavy (non-hydrogen) atoms. The first-order chi connectivity index (χ1) is 25.3. The summed E-state index contributed by atoms with van der Waals surface area (Å²) in [5, 5.41) is 5.01. The van der Waals surface area contributed by atoms with Crippen LogP contribution in [0.25, 0.3) is 66.1 Å². The summed E-state index contributed by atoms with van der Waals surface area (Å²) in [6.45, 7) is 0. The van der Waals surface area contributed by atoms with Crippen molar-refractivity contribution in [2.75, 3.05) is 4.90 Å². The van der Waals surface area contributed by atoms with E-state index in [1.54, 1.807) is 0 Å². The molecule has 0 saturated carbocycles. The molecule has 8 aromatic carbocycles. The molecule has 0 aliphatic heterocycles. The monoisotopic (exact) mass is 651 g/mol. The van der Waals surface area contributed by atoms with E-state index in [0.29, 0.717) is 0 Å². The Labute approximate surface area is 296 Å². The predicted octanol–water partition coefficient (Wildman–Crippen LogP) is 13.0. The van der Waals surface area contributed by atoms with Crippen molar-refractivity contribution in [1.82, 2.24) is 9.13 Å². The molecule has 240 valence electrons. The number of aromatic nitrogens is 2. The van der Waals surface area contributed by atoms with E-state index in [1.165, 1.54) is 54.7 Å². The smallest absolute Gasteiger partial charge is 0.0641 e. The molecule has 0 fully saturated rings. The fraction of sp³-hybridized carbons (Fsp3) is 0. The fourth-order valence-electron chi connectivity index (χ4n) is 7.86. The lowest BCUT2D eigenvalue weighted by Gasteiger charge is -2.26. The standard InChI is InChI=1S/C48H33N3/c1-4-15-34(16-5-1)35-17-14-22-40(33-35)49(36-18-6-2-7-19-36)38-27-29-39(30-28-38)51-44-25-12-10-23-41(44)42-31-32-46-47(48(42)51)43-24-11-13-26-45(43)50(46)37-20-8-3-9-21-37/h1-33H. The van der Waals surface area contributed by atoms with Crippen LogP contribution in [0, 0.1) is 0 Å². The van der Waals surface area contributed by atoms with Gasteiger partial charge in [0, 0.05) is 50.0 Å². The summed E-state index contributed by atoms with van der Waals surface area (Å²) in [5.41, 5.74) is 12.8. The molecule has 2 heterocycles. The van der Waals surface area contributed by atoms with E-state index in [0.717, 1.165) is 28.4 Å². The molecular formula is C48H33N3. The second kappa shape index (κ2) is 11.9. The Morgan fingerprint density at radius 3 is 1.61 bits per heavy atom. The first kappa shape index (κ1) is 29.1. The lowest BCUT2D eigenvalue weighted by Crippen LogP contribution is -2.10. The van der Waals surface area contributed by atoms with Crippen LogP contribution in [0.15, 0.2) is 200 Å². The molecule has 2 aromatic heterocycles. The third-order valence-corrected chi connectivity index (χ3v) is 10.1. The lowest BCUT2D eigenvalue weighted by molar-refractivity contribution is 1.17. The minimum Gasteiger partial charge on any atom is -0.310 e. The van der Waals surface area contributed by atoms with Crippen molar-refractivity contribution in [2.24, 2.45) is 0 Å². The van der Waals surface area contributed by atoms with Crippen molar-refractivity contribution in [3.63, 3.8) is 0 Å². The number of hydrogen-bond acceptors (Lipinski definition) is 1. The summed E-state index contributed by atoms with van der Waals surface area (Å²) in [5.74, 6) is 0. The highest BCUT2D eigenvalue weighted by Gasteiger charge is 2.21. The van der Waals surface area contributed by atoms with Crippen LogP contribution in [0.5, 0.6) is 0 Å². The molecule has 0 unspecified atom stereocenters. The molecule has 3 heteroatoms. The molecule has 0 aliphatic carbocycles. The van der Waals surface area contributed by atoms with Crippen molar-refractivity contribution < 1.29 is 0 Å². The zero-order chi connectivity index (χ0) is 33.7. The SMILES string of the molecule is c1ccc(-c2cccc(N(c3ccccc3)c3ccc(-n4c5ccccc5c5ccc6c(c7ccccc7n6-c6ccccc6)c54)cc3)c2)cc1. The Morgan fingerprint density at radius 2 is 0.863 bits per heavy atom. The van der Waals surface area contributed by atoms with Gasteiger partial charge >= 0.3 is 0 Å². The van der Waals surface area contributed by atoms with Crippen LogP contribution < -0.4 is 4.90 Å². The van der Waals surface area contributed by atoms with Gasteiger partial charge in [-0.2, -0.15) is 0 Å². The molecule has 0 aliphatic rings. The van der Waals surface area contributed by atoms with Gasteiger partial charge in [-0.15, -0.1) is 0 Å². The molecular weight excluding hydrogens is 619 g/mol. The highest BCUT2D eigenvalue weighted by Crippen LogP contribution is 2.43.